The smallest absolute Gasteiger partial charge is 0.319 e. The Morgan fingerprint density at radius 3 is 2.76 bits per heavy atom. The quantitative estimate of drug-likeness (QED) is 0.248. The Balaban J connectivity index is 1.45. The zero-order valence-corrected chi connectivity index (χ0v) is 26.7. The summed E-state index contributed by atoms with van der Waals surface area (Å²) in [6, 6.07) is 4.75. The van der Waals surface area contributed by atoms with Crippen LogP contribution < -0.4 is 15.4 Å². The molecule has 2 aliphatic heterocycles. The fourth-order valence-electron chi connectivity index (χ4n) is 6.59. The number of fused-ring (bicyclic) bond motifs is 2. The Morgan fingerprint density at radius 2 is 2.02 bits per heavy atom. The van der Waals surface area contributed by atoms with Crippen LogP contribution in [0.1, 0.15) is 32.3 Å². The Labute approximate surface area is 269 Å². The van der Waals surface area contributed by atoms with Crippen LogP contribution in [0.2, 0.25) is 5.02 Å². The second-order valence-corrected chi connectivity index (χ2v) is 12.6. The number of nitrogen functional groups attached to an aromatic ring is 1. The van der Waals surface area contributed by atoms with Crippen molar-refractivity contribution < 1.29 is 22.7 Å². The van der Waals surface area contributed by atoms with E-state index in [0.29, 0.717) is 53.7 Å². The Bertz CT molecular complexity index is 1830. The fraction of sp³-hybridized carbons (Fsp3) is 0.438. The molecule has 1 amide bonds. The topological polar surface area (TPSA) is 116 Å². The molecule has 0 aliphatic carbocycles. The molecule has 2 aromatic carbocycles. The molecule has 2 aliphatic rings. The number of rotatable bonds is 7. The number of H-pyrrole nitrogens is 1. The lowest BCUT2D eigenvalue weighted by atomic mass is 9.94. The number of ether oxygens (including phenoxy) is 1. The lowest BCUT2D eigenvalue weighted by Gasteiger charge is -2.44. The molecule has 2 saturated heterocycles. The van der Waals surface area contributed by atoms with Gasteiger partial charge in [0.2, 0.25) is 5.91 Å². The second kappa shape index (κ2) is 12.3. The third-order valence-corrected chi connectivity index (χ3v) is 9.18. The summed E-state index contributed by atoms with van der Waals surface area (Å²) in [5.41, 5.74) is 8.13. The number of aromatic amines is 1. The minimum Gasteiger partial charge on any atom is -0.462 e. The second-order valence-electron chi connectivity index (χ2n) is 12.2. The first-order valence-electron chi connectivity index (χ1n) is 15.2. The molecule has 0 radical (unpaired) electrons. The first kappa shape index (κ1) is 31.9. The zero-order chi connectivity index (χ0) is 32.9. The van der Waals surface area contributed by atoms with Crippen molar-refractivity contribution in [3.63, 3.8) is 0 Å². The molecule has 0 saturated carbocycles. The molecule has 6 rings (SSSR count). The van der Waals surface area contributed by atoms with E-state index in [1.54, 1.807) is 15.9 Å². The highest BCUT2D eigenvalue weighted by Crippen LogP contribution is 2.44. The zero-order valence-electron chi connectivity index (χ0n) is 25.9. The molecule has 4 aromatic rings. The van der Waals surface area contributed by atoms with E-state index in [-0.39, 0.29) is 72.0 Å². The lowest BCUT2D eigenvalue weighted by molar-refractivity contribution is -0.128. The first-order valence-corrected chi connectivity index (χ1v) is 15.6. The minimum atomic E-state index is -2.75. The number of nitrogens with two attached hydrogens (primary N) is 1. The van der Waals surface area contributed by atoms with Gasteiger partial charge >= 0.3 is 6.01 Å². The molecular weight excluding hydrogens is 621 g/mol. The number of benzene rings is 2. The molecule has 10 nitrogen and oxygen atoms in total. The van der Waals surface area contributed by atoms with Crippen molar-refractivity contribution in [2.45, 2.75) is 51.6 Å². The van der Waals surface area contributed by atoms with Gasteiger partial charge in [-0.25, -0.2) is 13.2 Å². The Hall–Kier alpha value is -4.10. The Morgan fingerprint density at radius 1 is 1.24 bits per heavy atom. The summed E-state index contributed by atoms with van der Waals surface area (Å²) < 4.78 is 50.8. The molecule has 0 unspecified atom stereocenters. The molecule has 2 aromatic heterocycles. The number of aryl methyl sites for hydroxylation is 1. The van der Waals surface area contributed by atoms with E-state index in [1.807, 2.05) is 37.8 Å². The van der Waals surface area contributed by atoms with E-state index in [4.69, 9.17) is 27.1 Å². The van der Waals surface area contributed by atoms with Gasteiger partial charge in [-0.3, -0.25) is 14.8 Å². The average Bonchev–Trinajstić information content (AvgIpc) is 3.38. The number of amides is 1. The van der Waals surface area contributed by atoms with E-state index in [2.05, 4.69) is 21.8 Å². The van der Waals surface area contributed by atoms with Crippen LogP contribution >= 0.6 is 11.6 Å². The maximum absolute atomic E-state index is 16.9. The number of nitrogens with one attached hydrogen (secondary N) is 1. The predicted molar refractivity (Wildman–Crippen MR) is 173 cm³/mol. The van der Waals surface area contributed by atoms with E-state index < -0.39 is 11.7 Å². The van der Waals surface area contributed by atoms with Crippen molar-refractivity contribution in [1.29, 1.82) is 0 Å². The van der Waals surface area contributed by atoms with Gasteiger partial charge in [0.15, 0.2) is 11.6 Å². The lowest BCUT2D eigenvalue weighted by Crippen LogP contribution is -2.58. The molecular formula is C32H36ClF3N8O2. The minimum absolute atomic E-state index is 0.0215. The van der Waals surface area contributed by atoms with Crippen molar-refractivity contribution in [2.24, 2.45) is 0 Å². The van der Waals surface area contributed by atoms with E-state index in [0.717, 1.165) is 5.56 Å². The SMILES string of the molecule is C=CC(=O)N1C[C@H](C)N(c2nc(OCCN3CCCC(F)(F)C3)nc3c(F)c(-c4c(C)ccc5[nH]nc(N)c45)c(Cl)cc23)C[C@H]1C. The molecule has 3 N–H and O–H groups in total. The predicted octanol–water partition coefficient (Wildman–Crippen LogP) is 5.58. The van der Waals surface area contributed by atoms with Crippen LogP contribution in [0.3, 0.4) is 0 Å². The van der Waals surface area contributed by atoms with Crippen LogP contribution in [0.5, 0.6) is 6.01 Å². The Kier molecular flexibility index (Phi) is 8.49. The number of piperazine rings is 1. The first-order chi connectivity index (χ1) is 21.9. The number of likely N-dealkylation sites (tertiary alicyclic amines) is 1. The molecule has 14 heteroatoms. The molecule has 0 bridgehead atoms. The molecule has 4 heterocycles. The molecule has 2 atom stereocenters. The third-order valence-electron chi connectivity index (χ3n) is 8.89. The van der Waals surface area contributed by atoms with Gasteiger partial charge in [0.1, 0.15) is 17.9 Å². The van der Waals surface area contributed by atoms with Gasteiger partial charge in [0.25, 0.3) is 5.92 Å². The summed E-state index contributed by atoms with van der Waals surface area (Å²) in [6.07, 6.45) is 1.54. The van der Waals surface area contributed by atoms with Gasteiger partial charge in [-0.05, 0) is 57.5 Å². The summed E-state index contributed by atoms with van der Waals surface area (Å²) in [4.78, 5) is 27.1. The fourth-order valence-corrected chi connectivity index (χ4v) is 6.87. The molecule has 2 fully saturated rings. The maximum atomic E-state index is 16.9. The van der Waals surface area contributed by atoms with Gasteiger partial charge in [-0.15, -0.1) is 0 Å². The number of carbonyl (C=O) groups is 1. The summed E-state index contributed by atoms with van der Waals surface area (Å²) in [5.74, 6) is -3.02. The average molecular weight is 657 g/mol. The number of hydrogen-bond acceptors (Lipinski definition) is 8. The molecule has 0 spiro atoms. The number of nitrogens with zero attached hydrogens (tertiary/aromatic N) is 6. The van der Waals surface area contributed by atoms with Crippen molar-refractivity contribution in [3.8, 4) is 17.1 Å². The molecule has 244 valence electrons. The van der Waals surface area contributed by atoms with Crippen LogP contribution in [0.25, 0.3) is 32.9 Å². The third kappa shape index (κ3) is 5.81. The van der Waals surface area contributed by atoms with E-state index >= 15 is 4.39 Å². The van der Waals surface area contributed by atoms with Crippen molar-refractivity contribution in [3.05, 3.63) is 47.3 Å². The van der Waals surface area contributed by atoms with Crippen molar-refractivity contribution >= 4 is 50.9 Å². The highest BCUT2D eigenvalue weighted by atomic mass is 35.5. The van der Waals surface area contributed by atoms with Crippen molar-refractivity contribution in [2.75, 3.05) is 50.0 Å². The molecule has 46 heavy (non-hydrogen) atoms. The van der Waals surface area contributed by atoms with E-state index in [9.17, 15) is 13.6 Å². The van der Waals surface area contributed by atoms with Crippen LogP contribution in [0.15, 0.2) is 30.9 Å². The highest BCUT2D eigenvalue weighted by molar-refractivity contribution is 6.35. The van der Waals surface area contributed by atoms with Crippen LogP contribution in [-0.4, -0.2) is 93.2 Å². The largest absolute Gasteiger partial charge is 0.462 e. The van der Waals surface area contributed by atoms with Gasteiger partial charge in [0.05, 0.1) is 22.5 Å². The highest BCUT2D eigenvalue weighted by Gasteiger charge is 2.36. The summed E-state index contributed by atoms with van der Waals surface area (Å²) in [5, 5.41) is 8.00. The van der Waals surface area contributed by atoms with Gasteiger partial charge in [-0.1, -0.05) is 24.2 Å². The monoisotopic (exact) mass is 656 g/mol. The van der Waals surface area contributed by atoms with Crippen molar-refractivity contribution in [1.82, 2.24) is 30.0 Å². The van der Waals surface area contributed by atoms with Crippen LogP contribution in [0.4, 0.5) is 24.8 Å². The summed E-state index contributed by atoms with van der Waals surface area (Å²) in [7, 11) is 0. The number of aromatic nitrogens is 4. The number of halogens is 4. The summed E-state index contributed by atoms with van der Waals surface area (Å²) in [6.45, 7) is 10.5. The standard InChI is InChI=1S/C32H36ClF3N8O2/c1-5-23(45)43-14-19(4)44(15-18(43)3)30-20-13-21(33)25(24-17(2)7-8-22-26(24)29(37)41-40-22)27(34)28(20)38-31(39-30)46-12-11-42-10-6-9-32(35,36)16-42/h5,7-8,13,18-19H,1,6,9-12,14-16H2,2-4H3,(H3,37,40,41)/t18-,19+/m1/s1. The number of alkyl halides is 2. The summed E-state index contributed by atoms with van der Waals surface area (Å²) >= 11 is 6.88. The number of piperidine rings is 1. The van der Waals surface area contributed by atoms with E-state index in [1.165, 1.54) is 6.08 Å². The van der Waals surface area contributed by atoms with Gasteiger partial charge in [0, 0.05) is 54.7 Å². The van der Waals surface area contributed by atoms with Crippen LogP contribution in [-0.2, 0) is 4.79 Å². The van der Waals surface area contributed by atoms with Gasteiger partial charge < -0.3 is 20.3 Å². The normalized spacial score (nSPS) is 20.4. The number of hydrogen-bond donors (Lipinski definition) is 2. The maximum Gasteiger partial charge on any atom is 0.319 e. The number of carbonyl (C=O) groups excluding carboxylic acids is 1. The van der Waals surface area contributed by atoms with Gasteiger partial charge in [-0.2, -0.15) is 15.1 Å². The van der Waals surface area contributed by atoms with Crippen LogP contribution in [0, 0.1) is 12.7 Å². The number of anilines is 2.